The van der Waals surface area contributed by atoms with Crippen LogP contribution >= 0.6 is 0 Å². The topological polar surface area (TPSA) is 29.1 Å². The van der Waals surface area contributed by atoms with Gasteiger partial charge in [0.2, 0.25) is 0 Å². The lowest BCUT2D eigenvalue weighted by Crippen LogP contribution is -2.23. The van der Waals surface area contributed by atoms with Crippen LogP contribution in [0.3, 0.4) is 0 Å². The third-order valence-electron chi connectivity index (χ3n) is 2.85. The van der Waals surface area contributed by atoms with E-state index in [1.165, 1.54) is 11.1 Å². The zero-order valence-electron chi connectivity index (χ0n) is 10.3. The van der Waals surface area contributed by atoms with Crippen LogP contribution < -0.4 is 5.32 Å². The van der Waals surface area contributed by atoms with Gasteiger partial charge < -0.3 is 5.32 Å². The van der Waals surface area contributed by atoms with Gasteiger partial charge in [-0.1, -0.05) is 24.3 Å². The first-order valence-electron chi connectivity index (χ1n) is 5.70. The Morgan fingerprint density at radius 1 is 1.38 bits per heavy atom. The molecule has 0 radical (unpaired) electrons. The minimum Gasteiger partial charge on any atom is -0.317 e. The summed E-state index contributed by atoms with van der Waals surface area (Å²) in [6.45, 7) is 4.19. The molecule has 0 bridgehead atoms. The molecule has 0 fully saturated rings. The summed E-state index contributed by atoms with van der Waals surface area (Å²) < 4.78 is 11.9. The second kappa shape index (κ2) is 6.81. The molecule has 16 heavy (non-hydrogen) atoms. The molecule has 0 saturated carbocycles. The van der Waals surface area contributed by atoms with Crippen LogP contribution in [0, 0.1) is 6.92 Å². The first kappa shape index (κ1) is 13.4. The van der Waals surface area contributed by atoms with Gasteiger partial charge in [0.15, 0.2) is 0 Å². The quantitative estimate of drug-likeness (QED) is 0.825. The summed E-state index contributed by atoms with van der Waals surface area (Å²) in [6, 6.07) is 8.61. The number of aryl methyl sites for hydroxylation is 1. The number of rotatable bonds is 6. The highest BCUT2D eigenvalue weighted by molar-refractivity contribution is 7.84. The van der Waals surface area contributed by atoms with Crippen LogP contribution in [0.25, 0.3) is 0 Å². The lowest BCUT2D eigenvalue weighted by Gasteiger charge is -2.10. The molecule has 2 unspecified atom stereocenters. The van der Waals surface area contributed by atoms with E-state index in [2.05, 4.69) is 31.3 Å². The monoisotopic (exact) mass is 239 g/mol. The van der Waals surface area contributed by atoms with Gasteiger partial charge in [-0.3, -0.25) is 4.21 Å². The summed E-state index contributed by atoms with van der Waals surface area (Å²) in [5.74, 6) is 1.46. The van der Waals surface area contributed by atoms with Crippen LogP contribution in [-0.4, -0.2) is 23.1 Å². The molecular formula is C13H21NOS. The van der Waals surface area contributed by atoms with Crippen LogP contribution in [0.1, 0.15) is 24.5 Å². The Morgan fingerprint density at radius 3 is 2.69 bits per heavy atom. The molecule has 2 atom stereocenters. The molecule has 0 heterocycles. The molecule has 0 amide bonds. The molecule has 2 nitrogen and oxygen atoms in total. The van der Waals surface area contributed by atoms with Gasteiger partial charge in [-0.25, -0.2) is 0 Å². The fraction of sp³-hybridized carbons (Fsp3) is 0.538. The molecule has 1 aromatic rings. The predicted molar refractivity (Wildman–Crippen MR) is 71.0 cm³/mol. The van der Waals surface area contributed by atoms with Gasteiger partial charge in [0, 0.05) is 28.3 Å². The van der Waals surface area contributed by atoms with Gasteiger partial charge in [-0.05, 0) is 38.4 Å². The Balaban J connectivity index is 2.43. The molecule has 3 heteroatoms. The van der Waals surface area contributed by atoms with Crippen molar-refractivity contribution in [2.75, 3.05) is 12.8 Å². The smallest absolute Gasteiger partial charge is 0.0488 e. The van der Waals surface area contributed by atoms with Crippen LogP contribution in [0.4, 0.5) is 0 Å². The van der Waals surface area contributed by atoms with Gasteiger partial charge >= 0.3 is 0 Å². The van der Waals surface area contributed by atoms with Crippen LogP contribution in [-0.2, 0) is 16.6 Å². The fourth-order valence-corrected chi connectivity index (χ4v) is 2.90. The number of hydrogen-bond acceptors (Lipinski definition) is 2. The first-order chi connectivity index (χ1) is 7.63. The van der Waals surface area contributed by atoms with E-state index < -0.39 is 10.8 Å². The predicted octanol–water partition coefficient (Wildman–Crippen LogP) is 2.24. The number of hydrogen-bond donors (Lipinski definition) is 1. The summed E-state index contributed by atoms with van der Waals surface area (Å²) in [5, 5.41) is 3.16. The minimum atomic E-state index is -0.743. The minimum absolute atomic E-state index is 0.445. The van der Waals surface area contributed by atoms with Crippen molar-refractivity contribution in [3.63, 3.8) is 0 Å². The molecule has 90 valence electrons. The highest BCUT2D eigenvalue weighted by Gasteiger charge is 2.06. The Bertz CT molecular complexity index is 352. The average Bonchev–Trinajstić information content (AvgIpc) is 2.29. The number of benzene rings is 1. The van der Waals surface area contributed by atoms with Crippen LogP contribution in [0.15, 0.2) is 24.3 Å². The molecular weight excluding hydrogens is 218 g/mol. The summed E-state index contributed by atoms with van der Waals surface area (Å²) >= 11 is 0. The summed E-state index contributed by atoms with van der Waals surface area (Å²) in [5.41, 5.74) is 2.44. The van der Waals surface area contributed by atoms with Crippen molar-refractivity contribution >= 4 is 10.8 Å². The fourth-order valence-electron chi connectivity index (χ4n) is 1.47. The van der Waals surface area contributed by atoms with E-state index in [0.717, 1.165) is 12.2 Å². The average molecular weight is 239 g/mol. The maximum atomic E-state index is 11.9. The Labute approximate surface area is 101 Å². The Morgan fingerprint density at radius 2 is 2.06 bits per heavy atom. The zero-order chi connectivity index (χ0) is 12.0. The summed E-state index contributed by atoms with van der Waals surface area (Å²) in [4.78, 5) is 0. The van der Waals surface area contributed by atoms with E-state index in [4.69, 9.17) is 0 Å². The van der Waals surface area contributed by atoms with Gasteiger partial charge in [-0.2, -0.15) is 0 Å². The first-order valence-corrected chi connectivity index (χ1v) is 7.19. The van der Waals surface area contributed by atoms with Gasteiger partial charge in [0.1, 0.15) is 0 Å². The molecule has 0 aromatic heterocycles. The van der Waals surface area contributed by atoms with Crippen molar-refractivity contribution in [1.29, 1.82) is 0 Å². The maximum Gasteiger partial charge on any atom is 0.0488 e. The largest absolute Gasteiger partial charge is 0.317 e. The van der Waals surface area contributed by atoms with Crippen molar-refractivity contribution in [3.05, 3.63) is 35.4 Å². The second-order valence-corrected chi connectivity index (χ2v) is 5.77. The molecule has 1 rings (SSSR count). The molecule has 0 aliphatic carbocycles. The molecule has 0 aliphatic rings. The maximum absolute atomic E-state index is 11.9. The summed E-state index contributed by atoms with van der Waals surface area (Å²) in [6.07, 6.45) is 0.967. The van der Waals surface area contributed by atoms with Gasteiger partial charge in [0.05, 0.1) is 0 Å². The van der Waals surface area contributed by atoms with Crippen LogP contribution in [0.2, 0.25) is 0 Å². The van der Waals surface area contributed by atoms with Gasteiger partial charge in [0.25, 0.3) is 0 Å². The van der Waals surface area contributed by atoms with E-state index in [1.54, 1.807) is 0 Å². The lowest BCUT2D eigenvalue weighted by atomic mass is 10.1. The van der Waals surface area contributed by atoms with Crippen molar-refractivity contribution in [3.8, 4) is 0 Å². The standard InChI is InChI=1S/C13H21NOS/c1-11-6-4-5-7-13(11)10-16(15)9-8-12(2)14-3/h4-7,12,14H,8-10H2,1-3H3. The van der Waals surface area contributed by atoms with Crippen molar-refractivity contribution in [1.82, 2.24) is 5.32 Å². The van der Waals surface area contributed by atoms with E-state index >= 15 is 0 Å². The molecule has 0 saturated heterocycles. The van der Waals surface area contributed by atoms with E-state index in [-0.39, 0.29) is 0 Å². The zero-order valence-corrected chi connectivity index (χ0v) is 11.1. The Kier molecular flexibility index (Phi) is 5.71. The number of nitrogens with one attached hydrogen (secondary N) is 1. The Hall–Kier alpha value is -0.670. The highest BCUT2D eigenvalue weighted by atomic mass is 32.2. The second-order valence-electron chi connectivity index (χ2n) is 4.19. The lowest BCUT2D eigenvalue weighted by molar-refractivity contribution is 0.591. The molecule has 0 aliphatic heterocycles. The third-order valence-corrected chi connectivity index (χ3v) is 4.17. The molecule has 1 aromatic carbocycles. The van der Waals surface area contributed by atoms with E-state index in [1.807, 2.05) is 19.2 Å². The van der Waals surface area contributed by atoms with Gasteiger partial charge in [-0.15, -0.1) is 0 Å². The summed E-state index contributed by atoms with van der Waals surface area (Å²) in [7, 11) is 1.20. The van der Waals surface area contributed by atoms with Crippen molar-refractivity contribution in [2.45, 2.75) is 32.1 Å². The SMILES string of the molecule is CNC(C)CCS(=O)Cc1ccccc1C. The van der Waals surface area contributed by atoms with Crippen molar-refractivity contribution < 1.29 is 4.21 Å². The van der Waals surface area contributed by atoms with E-state index in [9.17, 15) is 4.21 Å². The van der Waals surface area contributed by atoms with E-state index in [0.29, 0.717) is 11.8 Å². The van der Waals surface area contributed by atoms with Crippen molar-refractivity contribution in [2.24, 2.45) is 0 Å². The normalized spacial score (nSPS) is 14.7. The highest BCUT2D eigenvalue weighted by Crippen LogP contribution is 2.10. The molecule has 0 spiro atoms. The molecule has 1 N–H and O–H groups in total. The third kappa shape index (κ3) is 4.45. The van der Waals surface area contributed by atoms with Crippen LogP contribution in [0.5, 0.6) is 0 Å².